The van der Waals surface area contributed by atoms with Crippen molar-refractivity contribution in [2.75, 3.05) is 39.4 Å². The van der Waals surface area contributed by atoms with Crippen LogP contribution >= 0.6 is 0 Å². The molecule has 0 bridgehead atoms. The van der Waals surface area contributed by atoms with Gasteiger partial charge >= 0.3 is 11.7 Å². The number of carbonyl (C=O) groups is 1. The molecular formula is C25H34FN5O7. The lowest BCUT2D eigenvalue weighted by Gasteiger charge is -2.30. The highest BCUT2D eigenvalue weighted by atomic mass is 19.1. The third kappa shape index (κ3) is 6.40. The average Bonchev–Trinajstić information content (AvgIpc) is 2.91. The number of hydrogen-bond acceptors (Lipinski definition) is 8. The SMILES string of the molecule is COc1ccc(F)cc1C(Cn1cc(/C(C)=N/OC(C)C)c(=O)n(N(C)C(=O)N2CCCCO2)c1=O)OC. The summed E-state index contributed by atoms with van der Waals surface area (Å²) in [7, 11) is 4.15. The number of nitrogens with zero attached hydrogens (tertiary/aromatic N) is 5. The molecule has 38 heavy (non-hydrogen) atoms. The highest BCUT2D eigenvalue weighted by molar-refractivity contribution is 5.97. The predicted octanol–water partition coefficient (Wildman–Crippen LogP) is 2.41. The van der Waals surface area contributed by atoms with Crippen molar-refractivity contribution < 1.29 is 28.3 Å². The van der Waals surface area contributed by atoms with Gasteiger partial charge in [0.15, 0.2) is 0 Å². The number of hydroxylamine groups is 2. The van der Waals surface area contributed by atoms with Crippen molar-refractivity contribution in [2.45, 2.75) is 52.4 Å². The van der Waals surface area contributed by atoms with Crippen molar-refractivity contribution in [3.8, 4) is 5.75 Å². The molecule has 12 nitrogen and oxygen atoms in total. The molecule has 2 aromatic rings. The molecule has 1 aromatic heterocycles. The van der Waals surface area contributed by atoms with Crippen LogP contribution in [0.15, 0.2) is 39.1 Å². The minimum absolute atomic E-state index is 0.0190. The lowest BCUT2D eigenvalue weighted by Crippen LogP contribution is -2.58. The van der Waals surface area contributed by atoms with Gasteiger partial charge in [-0.15, -0.1) is 0 Å². The molecule has 1 aliphatic rings. The summed E-state index contributed by atoms with van der Waals surface area (Å²) in [4.78, 5) is 50.9. The van der Waals surface area contributed by atoms with Crippen molar-refractivity contribution >= 4 is 11.7 Å². The topological polar surface area (TPSA) is 117 Å². The number of halogens is 1. The summed E-state index contributed by atoms with van der Waals surface area (Å²) < 4.78 is 26.9. The lowest BCUT2D eigenvalue weighted by atomic mass is 10.1. The molecule has 0 N–H and O–H groups in total. The zero-order valence-corrected chi connectivity index (χ0v) is 22.5. The minimum Gasteiger partial charge on any atom is -0.496 e. The van der Waals surface area contributed by atoms with Gasteiger partial charge in [-0.3, -0.25) is 14.2 Å². The Morgan fingerprint density at radius 2 is 1.97 bits per heavy atom. The Bertz CT molecular complexity index is 1280. The van der Waals surface area contributed by atoms with Gasteiger partial charge in [0.25, 0.3) is 5.56 Å². The molecule has 0 saturated carbocycles. The Kier molecular flexibility index (Phi) is 9.64. The molecule has 1 aromatic carbocycles. The van der Waals surface area contributed by atoms with Crippen molar-refractivity contribution in [3.63, 3.8) is 0 Å². The molecule has 0 spiro atoms. The zero-order chi connectivity index (χ0) is 28.0. The van der Waals surface area contributed by atoms with Crippen molar-refractivity contribution in [2.24, 2.45) is 5.16 Å². The summed E-state index contributed by atoms with van der Waals surface area (Å²) in [5.41, 5.74) is -1.02. The molecule has 1 aliphatic heterocycles. The zero-order valence-electron chi connectivity index (χ0n) is 22.5. The second-order valence-electron chi connectivity index (χ2n) is 8.98. The summed E-state index contributed by atoms with van der Waals surface area (Å²) in [5.74, 6) is -0.154. The molecule has 13 heteroatoms. The Labute approximate surface area is 219 Å². The summed E-state index contributed by atoms with van der Waals surface area (Å²) in [6.45, 7) is 5.63. The third-order valence-corrected chi connectivity index (χ3v) is 5.90. The van der Waals surface area contributed by atoms with Gasteiger partial charge in [0, 0.05) is 25.9 Å². The van der Waals surface area contributed by atoms with Gasteiger partial charge in [0.1, 0.15) is 23.8 Å². The van der Waals surface area contributed by atoms with E-state index in [0.29, 0.717) is 29.1 Å². The second-order valence-corrected chi connectivity index (χ2v) is 8.98. The van der Waals surface area contributed by atoms with E-state index < -0.39 is 29.2 Å². The second kappa shape index (κ2) is 12.7. The van der Waals surface area contributed by atoms with E-state index in [1.54, 1.807) is 20.8 Å². The monoisotopic (exact) mass is 535 g/mol. The van der Waals surface area contributed by atoms with Crippen LogP contribution in [0.5, 0.6) is 5.75 Å². The molecular weight excluding hydrogens is 501 g/mol. The fourth-order valence-electron chi connectivity index (χ4n) is 3.90. The van der Waals surface area contributed by atoms with Crippen LogP contribution in [0.25, 0.3) is 0 Å². The van der Waals surface area contributed by atoms with Gasteiger partial charge in [0.2, 0.25) is 0 Å². The molecule has 1 saturated heterocycles. The van der Waals surface area contributed by atoms with Crippen molar-refractivity contribution in [1.29, 1.82) is 0 Å². The van der Waals surface area contributed by atoms with Crippen molar-refractivity contribution in [3.05, 3.63) is 62.2 Å². The van der Waals surface area contributed by atoms with Crippen LogP contribution in [0.4, 0.5) is 9.18 Å². The van der Waals surface area contributed by atoms with E-state index in [1.165, 1.54) is 50.2 Å². The van der Waals surface area contributed by atoms with E-state index in [0.717, 1.165) is 22.9 Å². The quantitative estimate of drug-likeness (QED) is 0.358. The number of hydrogen-bond donors (Lipinski definition) is 0. The first-order valence-electron chi connectivity index (χ1n) is 12.2. The molecule has 1 unspecified atom stereocenters. The van der Waals surface area contributed by atoms with Gasteiger partial charge in [0.05, 0.1) is 38.1 Å². The molecule has 3 rings (SSSR count). The van der Waals surface area contributed by atoms with Gasteiger partial charge in [-0.25, -0.2) is 24.1 Å². The third-order valence-electron chi connectivity index (χ3n) is 5.90. The largest absolute Gasteiger partial charge is 0.496 e. The summed E-state index contributed by atoms with van der Waals surface area (Å²) in [6.07, 6.45) is 1.74. The summed E-state index contributed by atoms with van der Waals surface area (Å²) in [6, 6.07) is 3.27. The molecule has 2 amide bonds. The highest BCUT2D eigenvalue weighted by Gasteiger charge is 2.28. The van der Waals surface area contributed by atoms with Crippen LogP contribution in [-0.2, 0) is 21.0 Å². The number of benzene rings is 1. The fraction of sp³-hybridized carbons (Fsp3) is 0.520. The first kappa shape index (κ1) is 28.9. The number of rotatable bonds is 9. The fourth-order valence-corrected chi connectivity index (χ4v) is 3.90. The maximum absolute atomic E-state index is 14.1. The smallest absolute Gasteiger partial charge is 0.362 e. The predicted molar refractivity (Wildman–Crippen MR) is 138 cm³/mol. The molecule has 0 aliphatic carbocycles. The Morgan fingerprint density at radius 3 is 2.58 bits per heavy atom. The number of ether oxygens (including phenoxy) is 2. The van der Waals surface area contributed by atoms with Crippen LogP contribution < -0.4 is 21.0 Å². The number of aromatic nitrogens is 2. The van der Waals surface area contributed by atoms with E-state index in [9.17, 15) is 18.8 Å². The maximum atomic E-state index is 14.1. The molecule has 2 heterocycles. The van der Waals surface area contributed by atoms with E-state index in [-0.39, 0.29) is 23.9 Å². The van der Waals surface area contributed by atoms with Crippen LogP contribution in [0.2, 0.25) is 0 Å². The Balaban J connectivity index is 2.14. The first-order chi connectivity index (χ1) is 18.1. The lowest BCUT2D eigenvalue weighted by molar-refractivity contribution is -0.138. The Morgan fingerprint density at radius 1 is 1.24 bits per heavy atom. The van der Waals surface area contributed by atoms with Gasteiger partial charge in [-0.2, -0.15) is 4.68 Å². The number of methoxy groups -OCH3 is 2. The van der Waals surface area contributed by atoms with E-state index in [4.69, 9.17) is 19.1 Å². The number of urea groups is 1. The van der Waals surface area contributed by atoms with Crippen LogP contribution in [0, 0.1) is 5.82 Å². The van der Waals surface area contributed by atoms with Crippen LogP contribution in [0.3, 0.4) is 0 Å². The van der Waals surface area contributed by atoms with Crippen molar-refractivity contribution in [1.82, 2.24) is 14.3 Å². The van der Waals surface area contributed by atoms with Crippen LogP contribution in [-0.4, -0.2) is 66.6 Å². The van der Waals surface area contributed by atoms with Gasteiger partial charge in [-0.1, -0.05) is 5.16 Å². The van der Waals surface area contributed by atoms with E-state index >= 15 is 0 Å². The summed E-state index contributed by atoms with van der Waals surface area (Å²) >= 11 is 0. The normalized spacial score (nSPS) is 14.9. The van der Waals surface area contributed by atoms with Crippen LogP contribution in [0.1, 0.15) is 50.8 Å². The molecule has 1 atom stereocenters. The summed E-state index contributed by atoms with van der Waals surface area (Å²) in [5, 5.41) is 6.02. The average molecular weight is 536 g/mol. The standard InChI is InChI=1S/C25H34FN5O7/c1-16(2)38-27-17(3)20-14-29(15-22(36-6)19-13-18(26)9-10-21(19)35-5)25(34)31(23(20)32)28(4)24(33)30-11-7-8-12-37-30/h9-10,13-14,16,22H,7-8,11-12,15H2,1-6H3/b27-17+. The van der Waals surface area contributed by atoms with Gasteiger partial charge in [-0.05, 0) is 51.8 Å². The molecule has 208 valence electrons. The number of oxime groups is 1. The van der Waals surface area contributed by atoms with E-state index in [1.807, 2.05) is 0 Å². The molecule has 0 radical (unpaired) electrons. The first-order valence-corrected chi connectivity index (χ1v) is 12.2. The molecule has 1 fully saturated rings. The maximum Gasteiger partial charge on any atom is 0.362 e. The Hall–Kier alpha value is -3.71. The number of amides is 2. The number of carbonyl (C=O) groups excluding carboxylic acids is 1. The highest BCUT2D eigenvalue weighted by Crippen LogP contribution is 2.29. The van der Waals surface area contributed by atoms with Gasteiger partial charge < -0.3 is 14.3 Å². The van der Waals surface area contributed by atoms with E-state index in [2.05, 4.69) is 5.16 Å². The minimum atomic E-state index is -0.840.